The van der Waals surface area contributed by atoms with Gasteiger partial charge in [-0.05, 0) is 19.4 Å². The van der Waals surface area contributed by atoms with Gasteiger partial charge in [0, 0.05) is 18.5 Å². The van der Waals surface area contributed by atoms with Gasteiger partial charge in [-0.3, -0.25) is 4.68 Å². The molecule has 1 rings (SSSR count). The molecule has 0 saturated heterocycles. The zero-order valence-corrected chi connectivity index (χ0v) is 13.2. The Labute approximate surface area is 124 Å². The van der Waals surface area contributed by atoms with Crippen LogP contribution in [0.15, 0.2) is 18.2 Å². The van der Waals surface area contributed by atoms with E-state index in [4.69, 9.17) is 9.47 Å². The molecule has 1 heterocycles. The highest BCUT2D eigenvalue weighted by Gasteiger charge is 2.25. The molecule has 0 atom stereocenters. The molecule has 0 aliphatic rings. The van der Waals surface area contributed by atoms with Crippen molar-refractivity contribution in [2.45, 2.75) is 32.6 Å². The summed E-state index contributed by atoms with van der Waals surface area (Å²) >= 11 is 0. The quantitative estimate of drug-likeness (QED) is 0.593. The number of carbonyl (C=O) groups excluding carboxylic acids is 2. The predicted molar refractivity (Wildman–Crippen MR) is 78.0 cm³/mol. The monoisotopic (exact) mass is 294 g/mol. The molecule has 1 aromatic rings. The van der Waals surface area contributed by atoms with Crippen molar-refractivity contribution in [1.29, 1.82) is 0 Å². The normalized spacial score (nSPS) is 11.7. The number of allylic oxidation sites excluding steroid dienone is 1. The molecule has 0 spiro atoms. The van der Waals surface area contributed by atoms with Crippen LogP contribution < -0.4 is 0 Å². The minimum absolute atomic E-state index is 0.312. The molecule has 0 bridgehead atoms. The van der Waals surface area contributed by atoms with Crippen molar-refractivity contribution < 1.29 is 19.1 Å². The second-order valence-electron chi connectivity index (χ2n) is 5.27. The first kappa shape index (κ1) is 16.9. The molecule has 6 nitrogen and oxygen atoms in total. The Morgan fingerprint density at radius 2 is 2.10 bits per heavy atom. The summed E-state index contributed by atoms with van der Waals surface area (Å²) in [5, 5.41) is 4.35. The first-order valence-electron chi connectivity index (χ1n) is 6.78. The zero-order valence-electron chi connectivity index (χ0n) is 13.2. The van der Waals surface area contributed by atoms with E-state index in [1.54, 1.807) is 26.1 Å². The van der Waals surface area contributed by atoms with E-state index in [0.717, 1.165) is 5.69 Å². The van der Waals surface area contributed by atoms with Crippen molar-refractivity contribution in [2.75, 3.05) is 13.7 Å². The molecular formula is C15H22N2O4. The Hall–Kier alpha value is -2.11. The molecule has 0 N–H and O–H groups in total. The van der Waals surface area contributed by atoms with Gasteiger partial charge in [-0.15, -0.1) is 0 Å². The summed E-state index contributed by atoms with van der Waals surface area (Å²) in [6.45, 7) is 6.10. The number of aromatic nitrogens is 2. The van der Waals surface area contributed by atoms with Crippen LogP contribution in [0.2, 0.25) is 0 Å². The number of hydrogen-bond donors (Lipinski definition) is 0. The fraction of sp³-hybridized carbons (Fsp3) is 0.533. The van der Waals surface area contributed by atoms with E-state index in [9.17, 15) is 9.59 Å². The summed E-state index contributed by atoms with van der Waals surface area (Å²) in [6, 6.07) is 1.71. The fourth-order valence-corrected chi connectivity index (χ4v) is 1.84. The number of esters is 2. The summed E-state index contributed by atoms with van der Waals surface area (Å²) < 4.78 is 11.0. The zero-order chi connectivity index (χ0) is 16.0. The maximum Gasteiger partial charge on any atom is 0.356 e. The van der Waals surface area contributed by atoms with Gasteiger partial charge in [0.05, 0.1) is 19.4 Å². The van der Waals surface area contributed by atoms with E-state index in [1.807, 2.05) is 13.8 Å². The van der Waals surface area contributed by atoms with E-state index in [-0.39, 0.29) is 11.4 Å². The van der Waals surface area contributed by atoms with Crippen LogP contribution >= 0.6 is 0 Å². The van der Waals surface area contributed by atoms with Crippen molar-refractivity contribution in [1.82, 2.24) is 9.78 Å². The molecule has 0 amide bonds. The number of hydrogen-bond acceptors (Lipinski definition) is 5. The Balaban J connectivity index is 2.83. The van der Waals surface area contributed by atoms with E-state index >= 15 is 0 Å². The molecule has 0 aliphatic carbocycles. The molecule has 0 aromatic carbocycles. The first-order chi connectivity index (χ1) is 9.81. The smallest absolute Gasteiger partial charge is 0.356 e. The average molecular weight is 294 g/mol. The molecule has 0 fully saturated rings. The fourth-order valence-electron chi connectivity index (χ4n) is 1.84. The van der Waals surface area contributed by atoms with Crippen LogP contribution in [0.3, 0.4) is 0 Å². The van der Waals surface area contributed by atoms with Crippen LogP contribution in [0, 0.1) is 0 Å². The minimum atomic E-state index is -0.422. The number of nitrogens with zero attached hydrogens (tertiary/aromatic N) is 2. The maximum absolute atomic E-state index is 11.6. The standard InChI is InChI=1S/C15H22N2O4/c1-6-21-13(18)8-7-9-15(2,3)12-10-11(14(19)20-5)17(4)16-12/h7-8,10H,6,9H2,1-5H3/b8-7+. The van der Waals surface area contributed by atoms with Crippen LogP contribution in [-0.2, 0) is 26.7 Å². The molecule has 1 aromatic heterocycles. The van der Waals surface area contributed by atoms with Gasteiger partial charge in [-0.1, -0.05) is 19.9 Å². The topological polar surface area (TPSA) is 70.4 Å². The molecule has 21 heavy (non-hydrogen) atoms. The number of rotatable bonds is 6. The van der Waals surface area contributed by atoms with Gasteiger partial charge in [0.1, 0.15) is 5.69 Å². The Kier molecular flexibility index (Phi) is 5.69. The van der Waals surface area contributed by atoms with Crippen molar-refractivity contribution in [3.63, 3.8) is 0 Å². The Bertz CT molecular complexity index is 544. The molecule has 0 unspecified atom stereocenters. The van der Waals surface area contributed by atoms with E-state index in [1.165, 1.54) is 17.9 Å². The third-order valence-electron chi connectivity index (χ3n) is 3.14. The summed E-state index contributed by atoms with van der Waals surface area (Å²) in [5.41, 5.74) is 0.849. The minimum Gasteiger partial charge on any atom is -0.464 e. The van der Waals surface area contributed by atoms with Crippen LogP contribution in [0.25, 0.3) is 0 Å². The first-order valence-corrected chi connectivity index (χ1v) is 6.78. The van der Waals surface area contributed by atoms with E-state index in [0.29, 0.717) is 18.7 Å². The second kappa shape index (κ2) is 7.06. The van der Waals surface area contributed by atoms with Crippen LogP contribution in [0.4, 0.5) is 0 Å². The lowest BCUT2D eigenvalue weighted by molar-refractivity contribution is -0.137. The summed E-state index contributed by atoms with van der Waals surface area (Å²) in [4.78, 5) is 22.9. The van der Waals surface area contributed by atoms with Gasteiger partial charge in [0.15, 0.2) is 0 Å². The molecule has 0 radical (unpaired) electrons. The van der Waals surface area contributed by atoms with Gasteiger partial charge in [0.2, 0.25) is 0 Å². The van der Waals surface area contributed by atoms with E-state index < -0.39 is 5.97 Å². The number of aryl methyl sites for hydroxylation is 1. The van der Waals surface area contributed by atoms with Gasteiger partial charge in [-0.2, -0.15) is 5.10 Å². The SMILES string of the molecule is CCOC(=O)/C=C/CC(C)(C)c1cc(C(=O)OC)n(C)n1. The maximum atomic E-state index is 11.6. The summed E-state index contributed by atoms with van der Waals surface area (Å²) in [7, 11) is 3.03. The highest BCUT2D eigenvalue weighted by atomic mass is 16.5. The largest absolute Gasteiger partial charge is 0.464 e. The summed E-state index contributed by atoms with van der Waals surface area (Å²) in [5.74, 6) is -0.779. The van der Waals surface area contributed by atoms with Crippen molar-refractivity contribution in [2.24, 2.45) is 7.05 Å². The number of ether oxygens (including phenoxy) is 2. The molecule has 0 aliphatic heterocycles. The lowest BCUT2D eigenvalue weighted by Gasteiger charge is -2.19. The van der Waals surface area contributed by atoms with Crippen LogP contribution in [-0.4, -0.2) is 35.4 Å². The van der Waals surface area contributed by atoms with Gasteiger partial charge < -0.3 is 9.47 Å². The lowest BCUT2D eigenvalue weighted by Crippen LogP contribution is -2.17. The highest BCUT2D eigenvalue weighted by molar-refractivity contribution is 5.87. The molecule has 0 saturated carbocycles. The lowest BCUT2D eigenvalue weighted by atomic mass is 9.85. The van der Waals surface area contributed by atoms with Crippen LogP contribution in [0.5, 0.6) is 0 Å². The summed E-state index contributed by atoms with van der Waals surface area (Å²) in [6.07, 6.45) is 3.77. The third-order valence-corrected chi connectivity index (χ3v) is 3.14. The van der Waals surface area contributed by atoms with Gasteiger partial charge in [0.25, 0.3) is 0 Å². The molecular weight excluding hydrogens is 272 g/mol. The highest BCUT2D eigenvalue weighted by Crippen LogP contribution is 2.27. The van der Waals surface area contributed by atoms with Crippen molar-refractivity contribution in [3.8, 4) is 0 Å². The predicted octanol–water partition coefficient (Wildman–Crippen LogP) is 1.99. The number of methoxy groups -OCH3 is 1. The van der Waals surface area contributed by atoms with E-state index in [2.05, 4.69) is 5.10 Å². The Morgan fingerprint density at radius 1 is 1.43 bits per heavy atom. The Morgan fingerprint density at radius 3 is 2.67 bits per heavy atom. The number of carbonyl (C=O) groups is 2. The molecule has 6 heteroatoms. The average Bonchev–Trinajstić information content (AvgIpc) is 2.81. The van der Waals surface area contributed by atoms with Crippen molar-refractivity contribution in [3.05, 3.63) is 29.6 Å². The van der Waals surface area contributed by atoms with Crippen molar-refractivity contribution >= 4 is 11.9 Å². The second-order valence-corrected chi connectivity index (χ2v) is 5.27. The van der Waals surface area contributed by atoms with Crippen LogP contribution in [0.1, 0.15) is 43.4 Å². The van der Waals surface area contributed by atoms with Gasteiger partial charge >= 0.3 is 11.9 Å². The molecule has 116 valence electrons. The van der Waals surface area contributed by atoms with Gasteiger partial charge in [-0.25, -0.2) is 9.59 Å². The third kappa shape index (κ3) is 4.44.